The van der Waals surface area contributed by atoms with Crippen LogP contribution in [0.3, 0.4) is 0 Å². The normalized spacial score (nSPS) is 34.8. The Balaban J connectivity index is 2.49. The molecule has 0 aromatic carbocycles. The fourth-order valence-corrected chi connectivity index (χ4v) is 1.69. The van der Waals surface area contributed by atoms with Crippen LogP contribution in [0.15, 0.2) is 0 Å². The third kappa shape index (κ3) is 1.39. The second-order valence-corrected chi connectivity index (χ2v) is 3.11. The van der Waals surface area contributed by atoms with Gasteiger partial charge in [0, 0.05) is 5.25 Å². The van der Waals surface area contributed by atoms with Gasteiger partial charge in [0.05, 0.1) is 5.92 Å². The monoisotopic (exact) mass is 146 g/mol. The predicted molar refractivity (Wildman–Crippen MR) is 37.8 cm³/mol. The van der Waals surface area contributed by atoms with Crippen molar-refractivity contribution in [3.63, 3.8) is 0 Å². The summed E-state index contributed by atoms with van der Waals surface area (Å²) in [5.74, 6) is -0.874. The smallest absolute Gasteiger partial charge is 0.307 e. The van der Waals surface area contributed by atoms with Crippen LogP contribution >= 0.6 is 12.6 Å². The van der Waals surface area contributed by atoms with E-state index in [1.807, 2.05) is 0 Å². The summed E-state index contributed by atoms with van der Waals surface area (Å²) in [5, 5.41) is 8.63. The van der Waals surface area contributed by atoms with Crippen molar-refractivity contribution in [2.24, 2.45) is 5.92 Å². The van der Waals surface area contributed by atoms with Gasteiger partial charge < -0.3 is 5.11 Å². The van der Waals surface area contributed by atoms with Gasteiger partial charge >= 0.3 is 5.97 Å². The van der Waals surface area contributed by atoms with Crippen molar-refractivity contribution in [3.8, 4) is 0 Å². The van der Waals surface area contributed by atoms with Gasteiger partial charge in [-0.2, -0.15) is 12.6 Å². The maximum atomic E-state index is 10.4. The lowest BCUT2D eigenvalue weighted by Gasteiger charge is -2.06. The van der Waals surface area contributed by atoms with Gasteiger partial charge in [-0.05, 0) is 12.8 Å². The second kappa shape index (κ2) is 2.60. The summed E-state index contributed by atoms with van der Waals surface area (Å²) < 4.78 is 0. The highest BCUT2D eigenvalue weighted by Gasteiger charge is 2.29. The summed E-state index contributed by atoms with van der Waals surface area (Å²) in [6.45, 7) is 0. The summed E-state index contributed by atoms with van der Waals surface area (Å²) in [6, 6.07) is 0. The van der Waals surface area contributed by atoms with Crippen molar-refractivity contribution in [2.75, 3.05) is 0 Å². The van der Waals surface area contributed by atoms with Crippen LogP contribution in [0.1, 0.15) is 19.3 Å². The van der Waals surface area contributed by atoms with Crippen LogP contribution in [0.25, 0.3) is 0 Å². The molecule has 52 valence electrons. The molecule has 0 unspecified atom stereocenters. The van der Waals surface area contributed by atoms with Crippen molar-refractivity contribution in [1.29, 1.82) is 0 Å². The Bertz CT molecular complexity index is 124. The molecule has 0 aromatic heterocycles. The lowest BCUT2D eigenvalue weighted by atomic mass is 10.1. The SMILES string of the molecule is O=C(O)[C@H]1CCC[C@@H]1S. The van der Waals surface area contributed by atoms with E-state index in [-0.39, 0.29) is 11.2 Å². The van der Waals surface area contributed by atoms with Crippen molar-refractivity contribution >= 4 is 18.6 Å². The molecule has 0 amide bonds. The first-order chi connectivity index (χ1) is 4.22. The Labute approximate surface area is 59.7 Å². The van der Waals surface area contributed by atoms with Crippen molar-refractivity contribution < 1.29 is 9.90 Å². The molecule has 2 nitrogen and oxygen atoms in total. The zero-order valence-electron chi connectivity index (χ0n) is 5.08. The van der Waals surface area contributed by atoms with Crippen LogP contribution in [-0.2, 0) is 4.79 Å². The Morgan fingerprint density at radius 1 is 1.56 bits per heavy atom. The molecule has 1 saturated carbocycles. The molecule has 0 bridgehead atoms. The lowest BCUT2D eigenvalue weighted by Crippen LogP contribution is -2.17. The minimum atomic E-state index is -0.687. The first kappa shape index (κ1) is 6.93. The van der Waals surface area contributed by atoms with Crippen molar-refractivity contribution in [2.45, 2.75) is 24.5 Å². The first-order valence-corrected chi connectivity index (χ1v) is 3.64. The Morgan fingerprint density at radius 3 is 2.44 bits per heavy atom. The number of carboxylic acids is 1. The molecule has 9 heavy (non-hydrogen) atoms. The van der Waals surface area contributed by atoms with Gasteiger partial charge in [-0.3, -0.25) is 4.79 Å². The summed E-state index contributed by atoms with van der Waals surface area (Å²) in [6.07, 6.45) is 2.79. The summed E-state index contributed by atoms with van der Waals surface area (Å²) in [4.78, 5) is 10.4. The maximum Gasteiger partial charge on any atom is 0.307 e. The third-order valence-electron chi connectivity index (χ3n) is 1.80. The molecule has 1 rings (SSSR count). The van der Waals surface area contributed by atoms with Gasteiger partial charge in [0.25, 0.3) is 0 Å². The van der Waals surface area contributed by atoms with Crippen LogP contribution in [0, 0.1) is 5.92 Å². The Morgan fingerprint density at radius 2 is 2.22 bits per heavy atom. The van der Waals surface area contributed by atoms with E-state index in [1.54, 1.807) is 0 Å². The average molecular weight is 146 g/mol. The zero-order valence-corrected chi connectivity index (χ0v) is 5.97. The largest absolute Gasteiger partial charge is 0.481 e. The molecule has 0 aromatic rings. The predicted octanol–water partition coefficient (Wildman–Crippen LogP) is 1.17. The topological polar surface area (TPSA) is 37.3 Å². The molecule has 1 N–H and O–H groups in total. The fraction of sp³-hybridized carbons (Fsp3) is 0.833. The molecule has 1 fully saturated rings. The number of hydrogen-bond acceptors (Lipinski definition) is 2. The standard InChI is InChI=1S/C6H10O2S/c7-6(8)4-2-1-3-5(4)9/h4-5,9H,1-3H2,(H,7,8)/t4-,5-/m0/s1. The minimum absolute atomic E-state index is 0.0995. The number of thiol groups is 1. The third-order valence-corrected chi connectivity index (χ3v) is 2.41. The van der Waals surface area contributed by atoms with E-state index in [9.17, 15) is 4.79 Å². The second-order valence-electron chi connectivity index (χ2n) is 2.44. The van der Waals surface area contributed by atoms with Crippen molar-refractivity contribution in [3.05, 3.63) is 0 Å². The molecule has 0 aliphatic heterocycles. The summed E-state index contributed by atoms with van der Waals surface area (Å²) >= 11 is 4.15. The van der Waals surface area contributed by atoms with E-state index in [0.29, 0.717) is 0 Å². The number of rotatable bonds is 1. The van der Waals surface area contributed by atoms with Gasteiger partial charge in [-0.1, -0.05) is 6.42 Å². The summed E-state index contributed by atoms with van der Waals surface area (Å²) in [7, 11) is 0. The van der Waals surface area contributed by atoms with Crippen LogP contribution in [-0.4, -0.2) is 16.3 Å². The molecular formula is C6H10O2S. The van der Waals surface area contributed by atoms with Crippen LogP contribution in [0.5, 0.6) is 0 Å². The van der Waals surface area contributed by atoms with E-state index >= 15 is 0 Å². The minimum Gasteiger partial charge on any atom is -0.481 e. The van der Waals surface area contributed by atoms with Gasteiger partial charge in [-0.25, -0.2) is 0 Å². The van der Waals surface area contributed by atoms with Crippen LogP contribution in [0.4, 0.5) is 0 Å². The van der Waals surface area contributed by atoms with Crippen LogP contribution in [0.2, 0.25) is 0 Å². The molecule has 1 aliphatic rings. The molecule has 0 saturated heterocycles. The molecule has 0 heterocycles. The van der Waals surface area contributed by atoms with Gasteiger partial charge in [0.15, 0.2) is 0 Å². The number of carboxylic acid groups (broad SMARTS) is 1. The summed E-state index contributed by atoms with van der Waals surface area (Å²) in [5.41, 5.74) is 0. The number of aliphatic carboxylic acids is 1. The molecule has 3 heteroatoms. The highest BCUT2D eigenvalue weighted by molar-refractivity contribution is 7.81. The quantitative estimate of drug-likeness (QED) is 0.545. The molecule has 2 atom stereocenters. The van der Waals surface area contributed by atoms with E-state index in [0.717, 1.165) is 19.3 Å². The molecule has 0 radical (unpaired) electrons. The average Bonchev–Trinajstić information content (AvgIpc) is 2.13. The first-order valence-electron chi connectivity index (χ1n) is 3.12. The van der Waals surface area contributed by atoms with Crippen molar-refractivity contribution in [1.82, 2.24) is 0 Å². The van der Waals surface area contributed by atoms with E-state index in [4.69, 9.17) is 5.11 Å². The highest BCUT2D eigenvalue weighted by atomic mass is 32.1. The maximum absolute atomic E-state index is 10.4. The van der Waals surface area contributed by atoms with Crippen LogP contribution < -0.4 is 0 Å². The number of carbonyl (C=O) groups is 1. The molecule has 1 aliphatic carbocycles. The van der Waals surface area contributed by atoms with E-state index < -0.39 is 5.97 Å². The van der Waals surface area contributed by atoms with Gasteiger partial charge in [-0.15, -0.1) is 0 Å². The van der Waals surface area contributed by atoms with E-state index in [1.165, 1.54) is 0 Å². The molecule has 0 spiro atoms. The van der Waals surface area contributed by atoms with Gasteiger partial charge in [0.1, 0.15) is 0 Å². The molecular weight excluding hydrogens is 136 g/mol. The van der Waals surface area contributed by atoms with Gasteiger partial charge in [0.2, 0.25) is 0 Å². The highest BCUT2D eigenvalue weighted by Crippen LogP contribution is 2.29. The lowest BCUT2D eigenvalue weighted by molar-refractivity contribution is -0.141. The Hall–Kier alpha value is -0.180. The fourth-order valence-electron chi connectivity index (χ4n) is 1.23. The Kier molecular flexibility index (Phi) is 2.01. The number of hydrogen-bond donors (Lipinski definition) is 2. The van der Waals surface area contributed by atoms with E-state index in [2.05, 4.69) is 12.6 Å². The zero-order chi connectivity index (χ0) is 6.85.